The molecule has 0 spiro atoms. The molecule has 0 fully saturated rings. The van der Waals surface area contributed by atoms with Crippen LogP contribution in [0.3, 0.4) is 0 Å². The van der Waals surface area contributed by atoms with Gasteiger partial charge in [0.15, 0.2) is 11.5 Å². The number of nitrogens with zero attached hydrogens (tertiary/aromatic N) is 2. The minimum atomic E-state index is 0.555. The Balaban J connectivity index is 1.81. The van der Waals surface area contributed by atoms with Gasteiger partial charge in [-0.25, -0.2) is 4.98 Å². The number of methoxy groups -OCH3 is 2. The number of benzene rings is 2. The number of para-hydroxylation sites is 1. The summed E-state index contributed by atoms with van der Waals surface area (Å²) >= 11 is 6.39. The van der Waals surface area contributed by atoms with Crippen molar-refractivity contribution < 1.29 is 9.47 Å². The molecule has 0 aliphatic carbocycles. The fourth-order valence-electron chi connectivity index (χ4n) is 3.08. The molecule has 3 rings (SSSR count). The van der Waals surface area contributed by atoms with Gasteiger partial charge in [-0.2, -0.15) is 0 Å². The monoisotopic (exact) mass is 370 g/mol. The molecule has 2 aromatic carbocycles. The number of aromatic nitrogens is 1. The standard InChI is InChI=1S/C21H23ClN2O2/c1-14-9-19(25-3)20(26-4)11-16(14)12-24(2)13-17-10-15-7-5-6-8-18(15)23-21(17)22/h5-11H,12-13H2,1-4H3. The average Bonchev–Trinajstić information content (AvgIpc) is 2.63. The Kier molecular flexibility index (Phi) is 5.64. The van der Waals surface area contributed by atoms with Gasteiger partial charge in [-0.15, -0.1) is 0 Å². The summed E-state index contributed by atoms with van der Waals surface area (Å²) in [5.41, 5.74) is 4.29. The highest BCUT2D eigenvalue weighted by Crippen LogP contribution is 2.31. The molecule has 136 valence electrons. The van der Waals surface area contributed by atoms with Crippen molar-refractivity contribution >= 4 is 22.5 Å². The van der Waals surface area contributed by atoms with Crippen molar-refractivity contribution in [3.05, 3.63) is 64.3 Å². The predicted molar refractivity (Wildman–Crippen MR) is 106 cm³/mol. The summed E-state index contributed by atoms with van der Waals surface area (Å²) in [5.74, 6) is 1.49. The SMILES string of the molecule is COc1cc(C)c(CN(C)Cc2cc3ccccc3nc2Cl)cc1OC. The number of halogens is 1. The van der Waals surface area contributed by atoms with Crippen LogP contribution in [0.2, 0.25) is 5.15 Å². The van der Waals surface area contributed by atoms with Gasteiger partial charge in [0.2, 0.25) is 0 Å². The Labute approximate surface area is 159 Å². The molecule has 1 heterocycles. The summed E-state index contributed by atoms with van der Waals surface area (Å²) in [7, 11) is 5.38. The maximum atomic E-state index is 6.39. The minimum Gasteiger partial charge on any atom is -0.493 e. The van der Waals surface area contributed by atoms with Gasteiger partial charge in [-0.1, -0.05) is 29.8 Å². The second-order valence-electron chi connectivity index (χ2n) is 6.44. The van der Waals surface area contributed by atoms with Crippen LogP contribution < -0.4 is 9.47 Å². The molecule has 1 aromatic heterocycles. The average molecular weight is 371 g/mol. The van der Waals surface area contributed by atoms with Crippen LogP contribution in [0.15, 0.2) is 42.5 Å². The molecule has 5 heteroatoms. The molecule has 0 amide bonds. The molecule has 3 aromatic rings. The fourth-order valence-corrected chi connectivity index (χ4v) is 3.28. The molecule has 0 N–H and O–H groups in total. The number of hydrogen-bond donors (Lipinski definition) is 0. The molecular weight excluding hydrogens is 348 g/mol. The van der Waals surface area contributed by atoms with E-state index in [4.69, 9.17) is 21.1 Å². The van der Waals surface area contributed by atoms with Crippen molar-refractivity contribution in [3.8, 4) is 11.5 Å². The van der Waals surface area contributed by atoms with E-state index in [1.54, 1.807) is 14.2 Å². The molecule has 0 radical (unpaired) electrons. The van der Waals surface area contributed by atoms with E-state index >= 15 is 0 Å². The molecular formula is C21H23ClN2O2. The van der Waals surface area contributed by atoms with E-state index < -0.39 is 0 Å². The Morgan fingerprint density at radius 2 is 1.62 bits per heavy atom. The Morgan fingerprint density at radius 3 is 2.35 bits per heavy atom. The minimum absolute atomic E-state index is 0.555. The molecule has 0 unspecified atom stereocenters. The zero-order chi connectivity index (χ0) is 18.7. The summed E-state index contributed by atoms with van der Waals surface area (Å²) in [4.78, 5) is 6.72. The van der Waals surface area contributed by atoms with Crippen LogP contribution in [0, 0.1) is 6.92 Å². The van der Waals surface area contributed by atoms with Crippen molar-refractivity contribution in [2.45, 2.75) is 20.0 Å². The first-order chi connectivity index (χ1) is 12.5. The first-order valence-electron chi connectivity index (χ1n) is 8.46. The van der Waals surface area contributed by atoms with Gasteiger partial charge in [-0.3, -0.25) is 4.90 Å². The number of aryl methyl sites for hydroxylation is 1. The van der Waals surface area contributed by atoms with Crippen LogP contribution in [-0.2, 0) is 13.1 Å². The van der Waals surface area contributed by atoms with Crippen LogP contribution in [0.5, 0.6) is 11.5 Å². The second kappa shape index (κ2) is 7.94. The van der Waals surface area contributed by atoms with E-state index in [0.29, 0.717) is 11.7 Å². The van der Waals surface area contributed by atoms with Crippen LogP contribution in [0.1, 0.15) is 16.7 Å². The third-order valence-corrected chi connectivity index (χ3v) is 4.80. The van der Waals surface area contributed by atoms with Crippen molar-refractivity contribution in [1.82, 2.24) is 9.88 Å². The first-order valence-corrected chi connectivity index (χ1v) is 8.84. The number of ether oxygens (including phenoxy) is 2. The maximum absolute atomic E-state index is 6.39. The topological polar surface area (TPSA) is 34.6 Å². The lowest BCUT2D eigenvalue weighted by atomic mass is 10.1. The molecule has 4 nitrogen and oxygen atoms in total. The second-order valence-corrected chi connectivity index (χ2v) is 6.79. The lowest BCUT2D eigenvalue weighted by molar-refractivity contribution is 0.315. The van der Waals surface area contributed by atoms with Crippen LogP contribution in [0.25, 0.3) is 10.9 Å². The number of hydrogen-bond acceptors (Lipinski definition) is 4. The summed E-state index contributed by atoms with van der Waals surface area (Å²) in [5, 5.41) is 1.65. The van der Waals surface area contributed by atoms with Gasteiger partial charge in [0, 0.05) is 24.0 Å². The lowest BCUT2D eigenvalue weighted by Gasteiger charge is -2.20. The van der Waals surface area contributed by atoms with Gasteiger partial charge in [0.25, 0.3) is 0 Å². The molecule has 0 saturated heterocycles. The van der Waals surface area contributed by atoms with Crippen LogP contribution in [-0.4, -0.2) is 31.2 Å². The molecule has 0 aliphatic heterocycles. The molecule has 0 aliphatic rings. The smallest absolute Gasteiger partial charge is 0.161 e. The van der Waals surface area contributed by atoms with E-state index in [-0.39, 0.29) is 0 Å². The normalized spacial score (nSPS) is 11.2. The van der Waals surface area contributed by atoms with Crippen molar-refractivity contribution in [3.63, 3.8) is 0 Å². The van der Waals surface area contributed by atoms with Gasteiger partial charge < -0.3 is 9.47 Å². The Hall–Kier alpha value is -2.30. The van der Waals surface area contributed by atoms with Gasteiger partial charge in [0.1, 0.15) is 5.15 Å². The van der Waals surface area contributed by atoms with E-state index in [2.05, 4.69) is 36.0 Å². The quantitative estimate of drug-likeness (QED) is 0.581. The van der Waals surface area contributed by atoms with E-state index in [1.807, 2.05) is 30.3 Å². The van der Waals surface area contributed by atoms with Gasteiger partial charge in [-0.05, 0) is 49.4 Å². The number of rotatable bonds is 6. The van der Waals surface area contributed by atoms with Gasteiger partial charge >= 0.3 is 0 Å². The van der Waals surface area contributed by atoms with E-state index in [1.165, 1.54) is 5.56 Å². The van der Waals surface area contributed by atoms with Crippen molar-refractivity contribution in [2.24, 2.45) is 0 Å². The first kappa shape index (κ1) is 18.5. The van der Waals surface area contributed by atoms with Crippen molar-refractivity contribution in [1.29, 1.82) is 0 Å². The van der Waals surface area contributed by atoms with Crippen molar-refractivity contribution in [2.75, 3.05) is 21.3 Å². The zero-order valence-corrected chi connectivity index (χ0v) is 16.3. The zero-order valence-electron chi connectivity index (χ0n) is 15.5. The molecule has 0 atom stereocenters. The Morgan fingerprint density at radius 1 is 0.962 bits per heavy atom. The lowest BCUT2D eigenvalue weighted by Crippen LogP contribution is -2.18. The largest absolute Gasteiger partial charge is 0.493 e. The summed E-state index contributed by atoms with van der Waals surface area (Å²) in [6.07, 6.45) is 0. The fraction of sp³-hybridized carbons (Fsp3) is 0.286. The molecule has 0 bridgehead atoms. The Bertz CT molecular complexity index is 927. The predicted octanol–water partition coefficient (Wildman–Crippen LogP) is 4.85. The van der Waals surface area contributed by atoms with Gasteiger partial charge in [0.05, 0.1) is 19.7 Å². The molecule has 26 heavy (non-hydrogen) atoms. The maximum Gasteiger partial charge on any atom is 0.161 e. The number of pyridine rings is 1. The third kappa shape index (κ3) is 3.92. The highest BCUT2D eigenvalue weighted by molar-refractivity contribution is 6.30. The van der Waals surface area contributed by atoms with E-state index in [0.717, 1.165) is 40.1 Å². The summed E-state index contributed by atoms with van der Waals surface area (Å²) in [6, 6.07) is 14.2. The highest BCUT2D eigenvalue weighted by atomic mass is 35.5. The van der Waals surface area contributed by atoms with Crippen LogP contribution in [0.4, 0.5) is 0 Å². The molecule has 0 saturated carbocycles. The highest BCUT2D eigenvalue weighted by Gasteiger charge is 2.12. The summed E-state index contributed by atoms with van der Waals surface area (Å²) in [6.45, 7) is 3.56. The van der Waals surface area contributed by atoms with Crippen LogP contribution >= 0.6 is 11.6 Å². The van der Waals surface area contributed by atoms with E-state index in [9.17, 15) is 0 Å². The summed E-state index contributed by atoms with van der Waals surface area (Å²) < 4.78 is 10.8. The number of fused-ring (bicyclic) bond motifs is 1. The third-order valence-electron chi connectivity index (χ3n) is 4.47.